The third-order valence-corrected chi connectivity index (χ3v) is 5.20. The Bertz CT molecular complexity index is 412. The van der Waals surface area contributed by atoms with Crippen molar-refractivity contribution in [1.82, 2.24) is 10.3 Å². The number of nitrogens with zero attached hydrogens (tertiary/aromatic N) is 2. The molecule has 0 bridgehead atoms. The van der Waals surface area contributed by atoms with Crippen LogP contribution in [-0.2, 0) is 6.54 Å². The van der Waals surface area contributed by atoms with Crippen molar-refractivity contribution in [2.75, 3.05) is 18.0 Å². The molecule has 0 aliphatic heterocycles. The Hall–Kier alpha value is -0.610. The molecule has 1 heterocycles. The first-order valence-electron chi connectivity index (χ1n) is 8.17. The lowest BCUT2D eigenvalue weighted by atomic mass is 10.0. The van der Waals surface area contributed by atoms with Crippen LogP contribution in [0, 0.1) is 0 Å². The predicted octanol–water partition coefficient (Wildman–Crippen LogP) is 4.14. The number of hydrogen-bond donors (Lipinski definition) is 1. The largest absolute Gasteiger partial charge is 0.348 e. The summed E-state index contributed by atoms with van der Waals surface area (Å²) in [4.78, 5) is 8.84. The van der Waals surface area contributed by atoms with Crippen LogP contribution in [0.3, 0.4) is 0 Å². The highest BCUT2D eigenvalue weighted by Crippen LogP contribution is 2.33. The molecule has 4 heteroatoms. The van der Waals surface area contributed by atoms with E-state index in [1.165, 1.54) is 41.4 Å². The molecule has 3 nitrogen and oxygen atoms in total. The van der Waals surface area contributed by atoms with E-state index in [2.05, 4.69) is 37.9 Å². The molecule has 1 atom stereocenters. The Balaban J connectivity index is 2.15. The zero-order chi connectivity index (χ0) is 14.5. The molecule has 0 saturated heterocycles. The number of nitrogens with one attached hydrogen (secondary N) is 1. The second-order valence-electron chi connectivity index (χ2n) is 5.85. The summed E-state index contributed by atoms with van der Waals surface area (Å²) >= 11 is 1.90. The van der Waals surface area contributed by atoms with Crippen molar-refractivity contribution in [2.45, 2.75) is 71.9 Å². The van der Waals surface area contributed by atoms with Crippen LogP contribution in [0.15, 0.2) is 0 Å². The van der Waals surface area contributed by atoms with E-state index in [1.54, 1.807) is 0 Å². The van der Waals surface area contributed by atoms with Crippen molar-refractivity contribution in [3.63, 3.8) is 0 Å². The van der Waals surface area contributed by atoms with Gasteiger partial charge in [0.1, 0.15) is 0 Å². The van der Waals surface area contributed by atoms with Gasteiger partial charge in [0.05, 0.1) is 5.69 Å². The maximum Gasteiger partial charge on any atom is 0.185 e. The van der Waals surface area contributed by atoms with Gasteiger partial charge in [-0.05, 0) is 38.5 Å². The van der Waals surface area contributed by atoms with Crippen molar-refractivity contribution in [1.29, 1.82) is 0 Å². The van der Waals surface area contributed by atoms with Gasteiger partial charge >= 0.3 is 0 Å². The van der Waals surface area contributed by atoms with E-state index in [1.807, 2.05) is 11.3 Å². The number of hydrogen-bond acceptors (Lipinski definition) is 4. The molecule has 1 N–H and O–H groups in total. The van der Waals surface area contributed by atoms with E-state index in [0.717, 1.165) is 25.7 Å². The first kappa shape index (κ1) is 15.8. The van der Waals surface area contributed by atoms with Gasteiger partial charge in [0.15, 0.2) is 5.13 Å². The normalized spacial score (nSPS) is 16.4. The van der Waals surface area contributed by atoms with E-state index in [0.29, 0.717) is 5.92 Å². The van der Waals surface area contributed by atoms with Crippen molar-refractivity contribution < 1.29 is 0 Å². The third-order valence-electron chi connectivity index (χ3n) is 4.07. The van der Waals surface area contributed by atoms with Crippen LogP contribution in [0.5, 0.6) is 0 Å². The molecule has 1 aromatic heterocycles. The second kappa shape index (κ2) is 7.41. The van der Waals surface area contributed by atoms with Crippen molar-refractivity contribution >= 4 is 16.5 Å². The fourth-order valence-electron chi connectivity index (χ4n) is 2.37. The molecule has 1 unspecified atom stereocenters. The zero-order valence-corrected chi connectivity index (χ0v) is 14.2. The van der Waals surface area contributed by atoms with Gasteiger partial charge in [-0.1, -0.05) is 20.8 Å². The van der Waals surface area contributed by atoms with Crippen LogP contribution in [-0.4, -0.2) is 24.1 Å². The minimum atomic E-state index is 0.566. The molecule has 1 aliphatic rings. The Morgan fingerprint density at radius 2 is 2.10 bits per heavy atom. The highest BCUT2D eigenvalue weighted by molar-refractivity contribution is 7.15. The van der Waals surface area contributed by atoms with Gasteiger partial charge in [-0.2, -0.15) is 0 Å². The van der Waals surface area contributed by atoms with E-state index >= 15 is 0 Å². The summed E-state index contributed by atoms with van der Waals surface area (Å²) in [6.45, 7) is 12.2. The SMILES string of the molecule is CCCN(CC)c1nc(C(C)CC)c(CNC2CC2)s1. The summed E-state index contributed by atoms with van der Waals surface area (Å²) in [6.07, 6.45) is 5.05. The van der Waals surface area contributed by atoms with Gasteiger partial charge < -0.3 is 10.2 Å². The zero-order valence-electron chi connectivity index (χ0n) is 13.4. The number of thiazole rings is 1. The summed E-state index contributed by atoms with van der Waals surface area (Å²) in [5, 5.41) is 4.87. The van der Waals surface area contributed by atoms with E-state index in [9.17, 15) is 0 Å². The van der Waals surface area contributed by atoms with Crippen molar-refractivity contribution in [2.24, 2.45) is 0 Å². The van der Waals surface area contributed by atoms with E-state index in [-0.39, 0.29) is 0 Å². The minimum absolute atomic E-state index is 0.566. The number of anilines is 1. The molecule has 1 fully saturated rings. The van der Waals surface area contributed by atoms with E-state index < -0.39 is 0 Å². The molecular weight excluding hydrogens is 266 g/mol. The molecule has 114 valence electrons. The van der Waals surface area contributed by atoms with Gasteiger partial charge in [0.25, 0.3) is 0 Å². The molecule has 0 amide bonds. The highest BCUT2D eigenvalue weighted by Gasteiger charge is 2.23. The monoisotopic (exact) mass is 295 g/mol. The van der Waals surface area contributed by atoms with Crippen LogP contribution >= 0.6 is 11.3 Å². The summed E-state index contributed by atoms with van der Waals surface area (Å²) < 4.78 is 0. The molecule has 1 saturated carbocycles. The van der Waals surface area contributed by atoms with Crippen LogP contribution in [0.2, 0.25) is 0 Å². The van der Waals surface area contributed by atoms with Gasteiger partial charge in [-0.15, -0.1) is 11.3 Å². The predicted molar refractivity (Wildman–Crippen MR) is 88.9 cm³/mol. The lowest BCUT2D eigenvalue weighted by molar-refractivity contribution is 0.660. The molecule has 1 aliphatic carbocycles. The average Bonchev–Trinajstić information content (AvgIpc) is 3.20. The summed E-state index contributed by atoms with van der Waals surface area (Å²) in [7, 11) is 0. The summed E-state index contributed by atoms with van der Waals surface area (Å²) in [5.41, 5.74) is 1.33. The smallest absolute Gasteiger partial charge is 0.185 e. The highest BCUT2D eigenvalue weighted by atomic mass is 32.1. The quantitative estimate of drug-likeness (QED) is 0.742. The van der Waals surface area contributed by atoms with Gasteiger partial charge in [-0.25, -0.2) is 4.98 Å². The number of aromatic nitrogens is 1. The third kappa shape index (κ3) is 3.95. The van der Waals surface area contributed by atoms with Crippen LogP contribution < -0.4 is 10.2 Å². The van der Waals surface area contributed by atoms with Gasteiger partial charge in [0.2, 0.25) is 0 Å². The Morgan fingerprint density at radius 1 is 1.35 bits per heavy atom. The summed E-state index contributed by atoms with van der Waals surface area (Å²) in [6, 6.07) is 0.767. The molecule has 20 heavy (non-hydrogen) atoms. The standard InChI is InChI=1S/C16H29N3S/c1-5-10-19(7-3)16-18-15(12(4)6-2)14(20-16)11-17-13-8-9-13/h12-13,17H,5-11H2,1-4H3. The Labute approximate surface area is 127 Å². The first-order chi connectivity index (χ1) is 9.69. The van der Waals surface area contributed by atoms with Gasteiger partial charge in [-0.3, -0.25) is 0 Å². The lowest BCUT2D eigenvalue weighted by Gasteiger charge is -2.18. The fourth-order valence-corrected chi connectivity index (χ4v) is 3.60. The van der Waals surface area contributed by atoms with Crippen LogP contribution in [0.1, 0.15) is 69.9 Å². The molecule has 0 aromatic carbocycles. The molecule has 2 rings (SSSR count). The second-order valence-corrected chi connectivity index (χ2v) is 6.91. The fraction of sp³-hybridized carbons (Fsp3) is 0.812. The summed E-state index contributed by atoms with van der Waals surface area (Å²) in [5.74, 6) is 0.566. The Morgan fingerprint density at radius 3 is 2.65 bits per heavy atom. The average molecular weight is 295 g/mol. The molecule has 0 spiro atoms. The lowest BCUT2D eigenvalue weighted by Crippen LogP contribution is -2.23. The Kier molecular flexibility index (Phi) is 5.85. The number of rotatable bonds is 9. The molecular formula is C16H29N3S. The van der Waals surface area contributed by atoms with Crippen molar-refractivity contribution in [3.8, 4) is 0 Å². The topological polar surface area (TPSA) is 28.2 Å². The van der Waals surface area contributed by atoms with E-state index in [4.69, 9.17) is 4.98 Å². The minimum Gasteiger partial charge on any atom is -0.348 e. The maximum atomic E-state index is 4.97. The maximum absolute atomic E-state index is 4.97. The van der Waals surface area contributed by atoms with Gasteiger partial charge in [0, 0.05) is 30.6 Å². The van der Waals surface area contributed by atoms with Crippen molar-refractivity contribution in [3.05, 3.63) is 10.6 Å². The molecule has 1 aromatic rings. The first-order valence-corrected chi connectivity index (χ1v) is 8.99. The van der Waals surface area contributed by atoms with Crippen LogP contribution in [0.25, 0.3) is 0 Å². The van der Waals surface area contributed by atoms with Crippen LogP contribution in [0.4, 0.5) is 5.13 Å². The molecule has 0 radical (unpaired) electrons.